The van der Waals surface area contributed by atoms with Crippen molar-refractivity contribution in [1.29, 1.82) is 0 Å². The van der Waals surface area contributed by atoms with Crippen LogP contribution in [0.2, 0.25) is 0 Å². The molecule has 0 radical (unpaired) electrons. The topological polar surface area (TPSA) is 32.8 Å². The van der Waals surface area contributed by atoms with E-state index in [1.807, 2.05) is 0 Å². The highest BCUT2D eigenvalue weighted by molar-refractivity contribution is 5.87. The van der Waals surface area contributed by atoms with Crippen LogP contribution in [0.3, 0.4) is 0 Å². The lowest BCUT2D eigenvalue weighted by atomic mass is 10.1. The number of carbonyl (C=O) groups is 1. The maximum Gasteiger partial charge on any atom is 0.413 e. The lowest BCUT2D eigenvalue weighted by Gasteiger charge is -2.29. The summed E-state index contributed by atoms with van der Waals surface area (Å²) in [5.74, 6) is -0.291. The molecule has 1 heterocycles. The van der Waals surface area contributed by atoms with Crippen LogP contribution in [0.1, 0.15) is 26.2 Å². The largest absolute Gasteiger partial charge is 0.449 e. The van der Waals surface area contributed by atoms with Crippen molar-refractivity contribution in [3.8, 4) is 0 Å². The molecular weight excluding hydrogens is 259 g/mol. The maximum absolute atomic E-state index is 14.2. The van der Waals surface area contributed by atoms with E-state index in [2.05, 4.69) is 4.90 Å². The molecule has 1 saturated heterocycles. The second-order valence-electron chi connectivity index (χ2n) is 4.94. The first-order valence-electron chi connectivity index (χ1n) is 7.08. The van der Waals surface area contributed by atoms with Gasteiger partial charge in [-0.15, -0.1) is 0 Å². The summed E-state index contributed by atoms with van der Waals surface area (Å²) in [6.07, 6.45) is 2.94. The van der Waals surface area contributed by atoms with Gasteiger partial charge in [0, 0.05) is 25.8 Å². The second-order valence-corrected chi connectivity index (χ2v) is 4.94. The Morgan fingerprint density at radius 1 is 1.35 bits per heavy atom. The van der Waals surface area contributed by atoms with Crippen molar-refractivity contribution < 1.29 is 13.9 Å². The van der Waals surface area contributed by atoms with Crippen LogP contribution < -0.4 is 9.80 Å². The highest BCUT2D eigenvalue weighted by Gasteiger charge is 2.17. The first-order valence-corrected chi connectivity index (χ1v) is 7.08. The Morgan fingerprint density at radius 2 is 2.05 bits per heavy atom. The van der Waals surface area contributed by atoms with Crippen molar-refractivity contribution in [2.75, 3.05) is 36.5 Å². The number of nitrogens with zero attached hydrogens (tertiary/aromatic N) is 2. The van der Waals surface area contributed by atoms with Gasteiger partial charge in [-0.05, 0) is 44.4 Å². The van der Waals surface area contributed by atoms with E-state index in [1.54, 1.807) is 26.1 Å². The number of anilines is 2. The van der Waals surface area contributed by atoms with Gasteiger partial charge in [0.2, 0.25) is 0 Å². The summed E-state index contributed by atoms with van der Waals surface area (Å²) >= 11 is 0. The molecule has 20 heavy (non-hydrogen) atoms. The number of amides is 1. The molecule has 1 aliphatic heterocycles. The van der Waals surface area contributed by atoms with Crippen molar-refractivity contribution in [2.24, 2.45) is 0 Å². The van der Waals surface area contributed by atoms with Gasteiger partial charge in [-0.1, -0.05) is 0 Å². The van der Waals surface area contributed by atoms with Crippen LogP contribution in [0.4, 0.5) is 20.6 Å². The SMILES string of the molecule is CCOC(=O)N(C)c1ccc(N2CCCCC2)c(F)c1. The zero-order valence-corrected chi connectivity index (χ0v) is 12.1. The monoisotopic (exact) mass is 280 g/mol. The molecule has 1 aromatic carbocycles. The molecule has 1 aromatic rings. The molecule has 4 nitrogen and oxygen atoms in total. The number of halogens is 1. The summed E-state index contributed by atoms with van der Waals surface area (Å²) in [4.78, 5) is 15.0. The predicted molar refractivity (Wildman–Crippen MR) is 77.9 cm³/mol. The van der Waals surface area contributed by atoms with Gasteiger partial charge in [0.25, 0.3) is 0 Å². The number of rotatable bonds is 3. The second kappa shape index (κ2) is 6.59. The third-order valence-corrected chi connectivity index (χ3v) is 3.56. The van der Waals surface area contributed by atoms with Crippen molar-refractivity contribution in [1.82, 2.24) is 0 Å². The third-order valence-electron chi connectivity index (χ3n) is 3.56. The Balaban J connectivity index is 2.14. The molecule has 2 rings (SSSR count). The van der Waals surface area contributed by atoms with E-state index in [-0.39, 0.29) is 5.82 Å². The fourth-order valence-corrected chi connectivity index (χ4v) is 2.42. The van der Waals surface area contributed by atoms with Crippen molar-refractivity contribution in [3.63, 3.8) is 0 Å². The van der Waals surface area contributed by atoms with Gasteiger partial charge in [-0.2, -0.15) is 0 Å². The van der Waals surface area contributed by atoms with Crippen LogP contribution in [0.25, 0.3) is 0 Å². The highest BCUT2D eigenvalue weighted by atomic mass is 19.1. The molecule has 1 amide bonds. The Morgan fingerprint density at radius 3 is 2.65 bits per heavy atom. The number of carbonyl (C=O) groups excluding carboxylic acids is 1. The summed E-state index contributed by atoms with van der Waals surface area (Å²) in [6, 6.07) is 4.89. The maximum atomic E-state index is 14.2. The average Bonchev–Trinajstić information content (AvgIpc) is 2.47. The van der Waals surface area contributed by atoms with Crippen molar-refractivity contribution in [2.45, 2.75) is 26.2 Å². The molecule has 0 atom stereocenters. The van der Waals surface area contributed by atoms with Gasteiger partial charge >= 0.3 is 6.09 Å². The molecule has 0 saturated carbocycles. The van der Waals surface area contributed by atoms with Crippen LogP contribution in [0, 0.1) is 5.82 Å². The van der Waals surface area contributed by atoms with E-state index in [9.17, 15) is 9.18 Å². The molecule has 110 valence electrons. The van der Waals surface area contributed by atoms with E-state index in [0.29, 0.717) is 18.0 Å². The first kappa shape index (κ1) is 14.6. The number of hydrogen-bond acceptors (Lipinski definition) is 3. The van der Waals surface area contributed by atoms with Crippen LogP contribution in [-0.4, -0.2) is 32.8 Å². The number of benzene rings is 1. The Labute approximate surface area is 119 Å². The zero-order chi connectivity index (χ0) is 14.5. The van der Waals surface area contributed by atoms with Gasteiger partial charge in [-0.25, -0.2) is 9.18 Å². The molecule has 0 aromatic heterocycles. The van der Waals surface area contributed by atoms with Crippen LogP contribution >= 0.6 is 0 Å². The van der Waals surface area contributed by atoms with Crippen LogP contribution in [-0.2, 0) is 4.74 Å². The third kappa shape index (κ3) is 3.21. The zero-order valence-electron chi connectivity index (χ0n) is 12.1. The Bertz CT molecular complexity index is 473. The van der Waals surface area contributed by atoms with Gasteiger partial charge in [-0.3, -0.25) is 4.90 Å². The number of ether oxygens (including phenoxy) is 1. The molecule has 0 bridgehead atoms. The smallest absolute Gasteiger partial charge is 0.413 e. The molecule has 0 spiro atoms. The summed E-state index contributed by atoms with van der Waals surface area (Å²) in [6.45, 7) is 3.83. The van der Waals surface area contributed by atoms with Crippen molar-refractivity contribution in [3.05, 3.63) is 24.0 Å². The molecule has 1 aliphatic rings. The standard InChI is InChI=1S/C15H21FN2O2/c1-3-20-15(19)17(2)12-7-8-14(13(16)11-12)18-9-5-4-6-10-18/h7-8,11H,3-6,9-10H2,1-2H3. The lowest BCUT2D eigenvalue weighted by Crippen LogP contribution is -2.30. The van der Waals surface area contributed by atoms with Gasteiger partial charge in [0.05, 0.1) is 12.3 Å². The Hall–Kier alpha value is -1.78. The summed E-state index contributed by atoms with van der Waals surface area (Å²) in [7, 11) is 1.58. The van der Waals surface area contributed by atoms with E-state index < -0.39 is 6.09 Å². The fraction of sp³-hybridized carbons (Fsp3) is 0.533. The van der Waals surface area contributed by atoms with E-state index in [4.69, 9.17) is 4.74 Å². The quantitative estimate of drug-likeness (QED) is 0.850. The minimum atomic E-state index is -0.474. The van der Waals surface area contributed by atoms with Crippen molar-refractivity contribution >= 4 is 17.5 Å². The molecule has 0 unspecified atom stereocenters. The molecule has 5 heteroatoms. The summed E-state index contributed by atoms with van der Waals surface area (Å²) in [5, 5.41) is 0. The molecule has 0 N–H and O–H groups in total. The fourth-order valence-electron chi connectivity index (χ4n) is 2.42. The summed E-state index contributed by atoms with van der Waals surface area (Å²) in [5.41, 5.74) is 1.12. The van der Waals surface area contributed by atoms with E-state index >= 15 is 0 Å². The van der Waals surface area contributed by atoms with Gasteiger partial charge in [0.1, 0.15) is 5.82 Å². The molecular formula is C15H21FN2O2. The average molecular weight is 280 g/mol. The number of hydrogen-bond donors (Lipinski definition) is 0. The molecule has 0 aliphatic carbocycles. The highest BCUT2D eigenvalue weighted by Crippen LogP contribution is 2.27. The first-order chi connectivity index (χ1) is 9.63. The van der Waals surface area contributed by atoms with Crippen LogP contribution in [0.5, 0.6) is 0 Å². The normalized spacial score (nSPS) is 15.1. The minimum absolute atomic E-state index is 0.291. The molecule has 1 fully saturated rings. The van der Waals surface area contributed by atoms with E-state index in [1.165, 1.54) is 17.4 Å². The number of piperidine rings is 1. The Kier molecular flexibility index (Phi) is 4.82. The predicted octanol–water partition coefficient (Wildman–Crippen LogP) is 3.41. The van der Waals surface area contributed by atoms with E-state index in [0.717, 1.165) is 25.9 Å². The minimum Gasteiger partial charge on any atom is -0.449 e. The lowest BCUT2D eigenvalue weighted by molar-refractivity contribution is 0.161. The van der Waals surface area contributed by atoms with Gasteiger partial charge in [0.15, 0.2) is 0 Å². The summed E-state index contributed by atoms with van der Waals surface area (Å²) < 4.78 is 19.1. The van der Waals surface area contributed by atoms with Crippen LogP contribution in [0.15, 0.2) is 18.2 Å². The van der Waals surface area contributed by atoms with Gasteiger partial charge < -0.3 is 9.64 Å².